The van der Waals surface area contributed by atoms with E-state index in [1.807, 2.05) is 4.90 Å². The van der Waals surface area contributed by atoms with Crippen LogP contribution in [0.2, 0.25) is 0 Å². The Hall–Kier alpha value is -2.92. The summed E-state index contributed by atoms with van der Waals surface area (Å²) in [6.07, 6.45) is 0.756. The van der Waals surface area contributed by atoms with E-state index in [4.69, 9.17) is 0 Å². The standard InChI is InChI=1S/C20H17F2N3O4S2/c21-14-9-13(10-15(22)11-14)19-12-30-20(23-19)24-7-5-18(6-8-24)31(28,29)17-3-1-16(2-4-17)25(26)27/h1-4,9-12,18H,5-8H2. The van der Waals surface area contributed by atoms with Crippen LogP contribution in [-0.2, 0) is 9.84 Å². The molecular weight excluding hydrogens is 448 g/mol. The lowest BCUT2D eigenvalue weighted by Gasteiger charge is -2.31. The molecule has 0 unspecified atom stereocenters. The molecule has 0 amide bonds. The van der Waals surface area contributed by atoms with Crippen LogP contribution >= 0.6 is 11.3 Å². The number of aromatic nitrogens is 1. The number of anilines is 1. The SMILES string of the molecule is O=[N+]([O-])c1ccc(S(=O)(=O)C2CCN(c3nc(-c4cc(F)cc(F)c4)cs3)CC2)cc1. The summed E-state index contributed by atoms with van der Waals surface area (Å²) in [7, 11) is -3.61. The molecule has 1 aliphatic heterocycles. The van der Waals surface area contributed by atoms with Crippen LogP contribution in [0.4, 0.5) is 19.6 Å². The van der Waals surface area contributed by atoms with Gasteiger partial charge in [0, 0.05) is 42.2 Å². The van der Waals surface area contributed by atoms with Crippen molar-refractivity contribution in [1.82, 2.24) is 4.98 Å². The Kier molecular flexibility index (Phi) is 5.71. The van der Waals surface area contributed by atoms with Crippen molar-refractivity contribution in [1.29, 1.82) is 0 Å². The number of rotatable bonds is 5. The van der Waals surface area contributed by atoms with E-state index >= 15 is 0 Å². The number of hydrogen-bond donors (Lipinski definition) is 0. The van der Waals surface area contributed by atoms with E-state index in [2.05, 4.69) is 4.98 Å². The predicted molar refractivity (Wildman–Crippen MR) is 113 cm³/mol. The summed E-state index contributed by atoms with van der Waals surface area (Å²) < 4.78 is 52.7. The summed E-state index contributed by atoms with van der Waals surface area (Å²) in [5.74, 6) is -1.36. The second-order valence-corrected chi connectivity index (χ2v) is 10.2. The normalized spacial score (nSPS) is 15.2. The van der Waals surface area contributed by atoms with Gasteiger partial charge in [-0.25, -0.2) is 22.2 Å². The maximum Gasteiger partial charge on any atom is 0.269 e. The molecule has 1 fully saturated rings. The lowest BCUT2D eigenvalue weighted by molar-refractivity contribution is -0.384. The van der Waals surface area contributed by atoms with Crippen molar-refractivity contribution in [3.63, 3.8) is 0 Å². The minimum atomic E-state index is -3.61. The van der Waals surface area contributed by atoms with E-state index in [0.717, 1.165) is 6.07 Å². The van der Waals surface area contributed by atoms with Crippen LogP contribution in [-0.4, -0.2) is 36.7 Å². The van der Waals surface area contributed by atoms with Crippen molar-refractivity contribution in [3.8, 4) is 11.3 Å². The van der Waals surface area contributed by atoms with Gasteiger partial charge in [0.25, 0.3) is 5.69 Å². The third-order valence-electron chi connectivity index (χ3n) is 5.18. The van der Waals surface area contributed by atoms with E-state index in [9.17, 15) is 27.3 Å². The Balaban J connectivity index is 1.45. The molecule has 162 valence electrons. The van der Waals surface area contributed by atoms with Gasteiger partial charge in [0.15, 0.2) is 15.0 Å². The third kappa shape index (κ3) is 4.42. The van der Waals surface area contributed by atoms with Gasteiger partial charge >= 0.3 is 0 Å². The fourth-order valence-electron chi connectivity index (χ4n) is 3.55. The second kappa shape index (κ2) is 8.31. The number of sulfone groups is 1. The summed E-state index contributed by atoms with van der Waals surface area (Å²) in [6, 6.07) is 8.14. The van der Waals surface area contributed by atoms with Crippen LogP contribution < -0.4 is 4.90 Å². The first kappa shape index (κ1) is 21.3. The fraction of sp³-hybridized carbons (Fsp3) is 0.250. The van der Waals surface area contributed by atoms with Crippen LogP contribution in [0.15, 0.2) is 52.7 Å². The average Bonchev–Trinajstić information content (AvgIpc) is 3.23. The molecule has 0 aliphatic carbocycles. The minimum absolute atomic E-state index is 0.0706. The number of benzene rings is 2. The Morgan fingerprint density at radius 2 is 1.68 bits per heavy atom. The molecule has 1 aliphatic rings. The quantitative estimate of drug-likeness (QED) is 0.409. The molecule has 0 radical (unpaired) electrons. The van der Waals surface area contributed by atoms with Gasteiger partial charge in [-0.15, -0.1) is 11.3 Å². The first-order valence-corrected chi connectivity index (χ1v) is 11.8. The van der Waals surface area contributed by atoms with E-state index < -0.39 is 31.6 Å². The predicted octanol–water partition coefficient (Wildman–Crippen LogP) is 4.44. The van der Waals surface area contributed by atoms with Crippen LogP contribution in [0.5, 0.6) is 0 Å². The lowest BCUT2D eigenvalue weighted by Crippen LogP contribution is -2.39. The molecule has 1 saturated heterocycles. The highest BCUT2D eigenvalue weighted by atomic mass is 32.2. The third-order valence-corrected chi connectivity index (χ3v) is 8.36. The second-order valence-electron chi connectivity index (χ2n) is 7.16. The van der Waals surface area contributed by atoms with Gasteiger partial charge in [0.2, 0.25) is 0 Å². The molecule has 2 aromatic carbocycles. The molecule has 1 aromatic heterocycles. The van der Waals surface area contributed by atoms with Crippen LogP contribution in [0.1, 0.15) is 12.8 Å². The number of nitro groups is 1. The molecule has 4 rings (SSSR count). The number of hydrogen-bond acceptors (Lipinski definition) is 7. The first-order valence-electron chi connectivity index (χ1n) is 9.39. The van der Waals surface area contributed by atoms with Gasteiger partial charge in [0.05, 0.1) is 20.8 Å². The van der Waals surface area contributed by atoms with E-state index in [-0.39, 0.29) is 10.6 Å². The summed E-state index contributed by atoms with van der Waals surface area (Å²) in [5, 5.41) is 12.5. The molecule has 3 aromatic rings. The van der Waals surface area contributed by atoms with E-state index in [0.29, 0.717) is 42.3 Å². The summed E-state index contributed by atoms with van der Waals surface area (Å²) >= 11 is 1.33. The zero-order valence-electron chi connectivity index (χ0n) is 16.1. The molecule has 11 heteroatoms. The van der Waals surface area contributed by atoms with Crippen LogP contribution in [0.3, 0.4) is 0 Å². The Morgan fingerprint density at radius 3 is 2.26 bits per heavy atom. The van der Waals surface area contributed by atoms with Crippen molar-refractivity contribution in [2.45, 2.75) is 23.0 Å². The van der Waals surface area contributed by atoms with Gasteiger partial charge in [-0.05, 0) is 37.1 Å². The molecule has 0 spiro atoms. The van der Waals surface area contributed by atoms with Gasteiger partial charge in [-0.1, -0.05) is 0 Å². The van der Waals surface area contributed by atoms with Crippen molar-refractivity contribution in [3.05, 3.63) is 69.6 Å². The maximum atomic E-state index is 13.5. The lowest BCUT2D eigenvalue weighted by atomic mass is 10.1. The topological polar surface area (TPSA) is 93.4 Å². The van der Waals surface area contributed by atoms with Crippen LogP contribution in [0.25, 0.3) is 11.3 Å². The van der Waals surface area contributed by atoms with E-state index in [1.54, 1.807) is 5.38 Å². The van der Waals surface area contributed by atoms with Gasteiger partial charge in [-0.3, -0.25) is 10.1 Å². The molecule has 7 nitrogen and oxygen atoms in total. The smallest absolute Gasteiger partial charge is 0.269 e. The van der Waals surface area contributed by atoms with Crippen molar-refractivity contribution < 1.29 is 22.1 Å². The van der Waals surface area contributed by atoms with Crippen molar-refractivity contribution >= 4 is 32.0 Å². The van der Waals surface area contributed by atoms with Crippen molar-refractivity contribution in [2.24, 2.45) is 0 Å². The molecule has 2 heterocycles. The molecular formula is C20H17F2N3O4S2. The number of thiazole rings is 1. The Labute approximate surface area is 181 Å². The highest BCUT2D eigenvalue weighted by Gasteiger charge is 2.32. The summed E-state index contributed by atoms with van der Waals surface area (Å²) in [6.45, 7) is 0.919. The largest absolute Gasteiger partial charge is 0.348 e. The zero-order valence-corrected chi connectivity index (χ0v) is 17.7. The monoisotopic (exact) mass is 465 g/mol. The highest BCUT2D eigenvalue weighted by Crippen LogP contribution is 2.32. The molecule has 0 atom stereocenters. The zero-order chi connectivity index (χ0) is 22.2. The minimum Gasteiger partial charge on any atom is -0.348 e. The molecule has 0 saturated carbocycles. The van der Waals surface area contributed by atoms with Crippen molar-refractivity contribution in [2.75, 3.05) is 18.0 Å². The number of non-ortho nitro benzene ring substituents is 1. The van der Waals surface area contributed by atoms with Crippen LogP contribution in [0, 0.1) is 21.7 Å². The van der Waals surface area contributed by atoms with Gasteiger partial charge in [0.1, 0.15) is 11.6 Å². The summed E-state index contributed by atoms with van der Waals surface area (Å²) in [4.78, 5) is 16.7. The summed E-state index contributed by atoms with van der Waals surface area (Å²) in [5.41, 5.74) is 0.640. The molecule has 0 bridgehead atoms. The maximum absolute atomic E-state index is 13.5. The number of nitro benzene ring substituents is 1. The molecule has 0 N–H and O–H groups in total. The Morgan fingerprint density at radius 1 is 1.06 bits per heavy atom. The highest BCUT2D eigenvalue weighted by molar-refractivity contribution is 7.92. The Bertz CT molecular complexity index is 1200. The van der Waals surface area contributed by atoms with Gasteiger partial charge < -0.3 is 4.90 Å². The average molecular weight is 466 g/mol. The number of piperidine rings is 1. The number of nitrogens with zero attached hydrogens (tertiary/aromatic N) is 3. The number of halogens is 2. The molecule has 31 heavy (non-hydrogen) atoms. The van der Waals surface area contributed by atoms with Gasteiger partial charge in [-0.2, -0.15) is 0 Å². The van der Waals surface area contributed by atoms with E-state index in [1.165, 1.54) is 47.7 Å². The first-order chi connectivity index (χ1) is 14.7. The fourth-order valence-corrected chi connectivity index (χ4v) is 6.17.